The lowest BCUT2D eigenvalue weighted by Gasteiger charge is -2.29. The van der Waals surface area contributed by atoms with E-state index in [9.17, 15) is 4.39 Å². The first-order chi connectivity index (χ1) is 15.1. The van der Waals surface area contributed by atoms with Crippen molar-refractivity contribution in [1.82, 2.24) is 25.2 Å². The van der Waals surface area contributed by atoms with Crippen molar-refractivity contribution in [2.24, 2.45) is 0 Å². The molecule has 9 heteroatoms. The second-order valence-corrected chi connectivity index (χ2v) is 7.99. The number of hydrogen-bond donors (Lipinski definition) is 0. The number of rotatable bonds is 5. The van der Waals surface area contributed by atoms with Crippen molar-refractivity contribution < 1.29 is 13.4 Å². The van der Waals surface area contributed by atoms with E-state index in [1.54, 1.807) is 24.3 Å². The summed E-state index contributed by atoms with van der Waals surface area (Å²) in [5, 5.41) is 8.81. The monoisotopic (exact) mass is 439 g/mol. The van der Waals surface area contributed by atoms with Crippen LogP contribution in [0.1, 0.15) is 30.5 Å². The maximum absolute atomic E-state index is 13.1. The van der Waals surface area contributed by atoms with Gasteiger partial charge in [0.1, 0.15) is 5.82 Å². The van der Waals surface area contributed by atoms with Crippen molar-refractivity contribution in [3.05, 3.63) is 71.2 Å². The van der Waals surface area contributed by atoms with Gasteiger partial charge in [0.25, 0.3) is 0 Å². The molecule has 3 heterocycles. The van der Waals surface area contributed by atoms with Gasteiger partial charge >= 0.3 is 0 Å². The van der Waals surface area contributed by atoms with Gasteiger partial charge < -0.3 is 9.05 Å². The molecule has 0 aliphatic carbocycles. The molecular weight excluding hydrogens is 421 g/mol. The van der Waals surface area contributed by atoms with E-state index in [1.807, 2.05) is 12.1 Å². The third kappa shape index (κ3) is 4.50. The summed E-state index contributed by atoms with van der Waals surface area (Å²) in [6.45, 7) is 2.23. The molecule has 31 heavy (non-hydrogen) atoms. The Balaban J connectivity index is 1.25. The molecule has 5 rings (SSSR count). The molecule has 1 atom stereocenters. The van der Waals surface area contributed by atoms with Crippen molar-refractivity contribution >= 4 is 11.6 Å². The summed E-state index contributed by atoms with van der Waals surface area (Å²) in [4.78, 5) is 11.3. The smallest absolute Gasteiger partial charge is 0.241 e. The first kappa shape index (κ1) is 19.8. The predicted molar refractivity (Wildman–Crippen MR) is 112 cm³/mol. The third-order valence-corrected chi connectivity index (χ3v) is 5.58. The summed E-state index contributed by atoms with van der Waals surface area (Å²) >= 11 is 5.94. The van der Waals surface area contributed by atoms with E-state index in [4.69, 9.17) is 20.6 Å². The summed E-state index contributed by atoms with van der Waals surface area (Å²) in [5.74, 6) is 1.99. The average molecular weight is 440 g/mol. The Morgan fingerprint density at radius 3 is 2.39 bits per heavy atom. The minimum Gasteiger partial charge on any atom is -0.339 e. The van der Waals surface area contributed by atoms with E-state index >= 15 is 0 Å². The van der Waals surface area contributed by atoms with Gasteiger partial charge in [0.2, 0.25) is 23.4 Å². The van der Waals surface area contributed by atoms with Gasteiger partial charge in [0, 0.05) is 22.7 Å². The number of aromatic nitrogens is 4. The van der Waals surface area contributed by atoms with Crippen LogP contribution in [0.2, 0.25) is 5.02 Å². The lowest BCUT2D eigenvalue weighted by Crippen LogP contribution is -2.34. The first-order valence-electron chi connectivity index (χ1n) is 10.0. The van der Waals surface area contributed by atoms with Gasteiger partial charge in [-0.3, -0.25) is 4.90 Å². The van der Waals surface area contributed by atoms with Gasteiger partial charge in [0.05, 0.1) is 12.5 Å². The van der Waals surface area contributed by atoms with E-state index in [0.717, 1.165) is 37.1 Å². The quantitative estimate of drug-likeness (QED) is 0.434. The van der Waals surface area contributed by atoms with E-state index in [-0.39, 0.29) is 11.7 Å². The van der Waals surface area contributed by atoms with Gasteiger partial charge in [0.15, 0.2) is 0 Å². The van der Waals surface area contributed by atoms with Crippen LogP contribution in [0.25, 0.3) is 22.8 Å². The molecule has 1 saturated heterocycles. The second kappa shape index (κ2) is 8.56. The van der Waals surface area contributed by atoms with Gasteiger partial charge in [-0.15, -0.1) is 0 Å². The molecule has 0 N–H and O–H groups in total. The van der Waals surface area contributed by atoms with Crippen LogP contribution < -0.4 is 0 Å². The van der Waals surface area contributed by atoms with Crippen LogP contribution in [-0.2, 0) is 6.54 Å². The highest BCUT2D eigenvalue weighted by Crippen LogP contribution is 2.28. The molecular formula is C22H19ClFN5O2. The Morgan fingerprint density at radius 1 is 0.935 bits per heavy atom. The van der Waals surface area contributed by atoms with E-state index in [0.29, 0.717) is 35.0 Å². The molecule has 1 aliphatic rings. The van der Waals surface area contributed by atoms with Gasteiger partial charge in [-0.25, -0.2) is 4.39 Å². The normalized spacial score (nSPS) is 17.2. The molecule has 1 unspecified atom stereocenters. The number of hydrogen-bond acceptors (Lipinski definition) is 7. The fourth-order valence-electron chi connectivity index (χ4n) is 3.74. The molecule has 0 bridgehead atoms. The maximum atomic E-state index is 13.1. The summed E-state index contributed by atoms with van der Waals surface area (Å²) in [5.41, 5.74) is 1.58. The number of piperidine rings is 1. The zero-order chi connectivity index (χ0) is 21.2. The topological polar surface area (TPSA) is 81.1 Å². The van der Waals surface area contributed by atoms with E-state index < -0.39 is 0 Å². The maximum Gasteiger partial charge on any atom is 0.241 e. The van der Waals surface area contributed by atoms with Crippen LogP contribution in [0.5, 0.6) is 0 Å². The molecule has 0 radical (unpaired) electrons. The Hall–Kier alpha value is -3.10. The summed E-state index contributed by atoms with van der Waals surface area (Å²) in [6, 6.07) is 13.4. The molecule has 0 saturated carbocycles. The van der Waals surface area contributed by atoms with Crippen LogP contribution in [0.4, 0.5) is 4.39 Å². The zero-order valence-corrected chi connectivity index (χ0v) is 17.3. The molecule has 4 aromatic rings. The minimum absolute atomic E-state index is 0.120. The summed E-state index contributed by atoms with van der Waals surface area (Å²) in [6.07, 6.45) is 1.96. The van der Waals surface area contributed by atoms with Crippen LogP contribution in [-0.4, -0.2) is 38.3 Å². The highest BCUT2D eigenvalue weighted by atomic mass is 35.5. The molecule has 1 fully saturated rings. The van der Waals surface area contributed by atoms with Crippen molar-refractivity contribution in [3.8, 4) is 22.8 Å². The Labute approximate surface area is 182 Å². The van der Waals surface area contributed by atoms with E-state index in [2.05, 4.69) is 25.2 Å². The molecule has 7 nitrogen and oxygen atoms in total. The van der Waals surface area contributed by atoms with Crippen molar-refractivity contribution in [1.29, 1.82) is 0 Å². The van der Waals surface area contributed by atoms with Crippen LogP contribution in [0.15, 0.2) is 57.6 Å². The van der Waals surface area contributed by atoms with Crippen molar-refractivity contribution in [2.75, 3.05) is 13.1 Å². The average Bonchev–Trinajstić information content (AvgIpc) is 3.45. The number of halogens is 2. The first-order valence-corrected chi connectivity index (χ1v) is 10.4. The van der Waals surface area contributed by atoms with Gasteiger partial charge in [-0.1, -0.05) is 21.9 Å². The van der Waals surface area contributed by atoms with Crippen molar-refractivity contribution in [3.63, 3.8) is 0 Å². The third-order valence-electron chi connectivity index (χ3n) is 5.33. The highest BCUT2D eigenvalue weighted by Gasteiger charge is 2.27. The lowest BCUT2D eigenvalue weighted by molar-refractivity contribution is 0.162. The summed E-state index contributed by atoms with van der Waals surface area (Å²) in [7, 11) is 0. The van der Waals surface area contributed by atoms with Gasteiger partial charge in [-0.2, -0.15) is 9.97 Å². The Kier molecular flexibility index (Phi) is 5.48. The minimum atomic E-state index is -0.296. The number of likely N-dealkylation sites (tertiary alicyclic amines) is 1. The predicted octanol–water partition coefficient (Wildman–Crippen LogP) is 4.96. The highest BCUT2D eigenvalue weighted by molar-refractivity contribution is 6.30. The zero-order valence-electron chi connectivity index (χ0n) is 16.5. The van der Waals surface area contributed by atoms with Crippen LogP contribution >= 0.6 is 11.6 Å². The molecule has 2 aromatic heterocycles. The van der Waals surface area contributed by atoms with E-state index in [1.165, 1.54) is 12.1 Å². The number of benzene rings is 2. The standard InChI is InChI=1S/C22H19ClFN5O2/c23-17-7-3-14(4-8-17)20-25-19(30-27-20)13-29-11-1-2-16(12-29)22-26-21(28-31-22)15-5-9-18(24)10-6-15/h3-10,16H,1-2,11-13H2. The number of nitrogens with zero attached hydrogens (tertiary/aromatic N) is 5. The van der Waals surface area contributed by atoms with Crippen molar-refractivity contribution in [2.45, 2.75) is 25.3 Å². The second-order valence-electron chi connectivity index (χ2n) is 7.56. The lowest BCUT2D eigenvalue weighted by atomic mass is 9.98. The van der Waals surface area contributed by atoms with Crippen LogP contribution in [0.3, 0.4) is 0 Å². The molecule has 0 amide bonds. The van der Waals surface area contributed by atoms with Gasteiger partial charge in [-0.05, 0) is 67.9 Å². The Morgan fingerprint density at radius 2 is 1.61 bits per heavy atom. The Bertz CT molecular complexity index is 1160. The molecule has 1 aliphatic heterocycles. The fraction of sp³-hybridized carbons (Fsp3) is 0.273. The molecule has 2 aromatic carbocycles. The molecule has 158 valence electrons. The largest absolute Gasteiger partial charge is 0.339 e. The van der Waals surface area contributed by atoms with Crippen LogP contribution in [0, 0.1) is 5.82 Å². The SMILES string of the molecule is Fc1ccc(-c2noc(C3CCCN(Cc4nc(-c5ccc(Cl)cc5)no4)C3)n2)cc1. The fourth-order valence-corrected chi connectivity index (χ4v) is 3.87. The summed E-state index contributed by atoms with van der Waals surface area (Å²) < 4.78 is 24.1. The molecule has 0 spiro atoms.